The molecule has 0 spiro atoms. The minimum absolute atomic E-state index is 0.117. The van der Waals surface area contributed by atoms with E-state index in [9.17, 15) is 13.2 Å². The number of rotatable bonds is 4. The minimum atomic E-state index is -3.99. The van der Waals surface area contributed by atoms with Crippen molar-refractivity contribution in [2.45, 2.75) is 38.6 Å². The normalized spacial score (nSPS) is 22.1. The van der Waals surface area contributed by atoms with Crippen LogP contribution < -0.4 is 4.74 Å². The van der Waals surface area contributed by atoms with Gasteiger partial charge >= 0.3 is 10.2 Å². The topological polar surface area (TPSA) is 79.3 Å². The molecule has 2 aliphatic rings. The van der Waals surface area contributed by atoms with Gasteiger partial charge in [0.2, 0.25) is 0 Å². The molecule has 0 aromatic heterocycles. The summed E-state index contributed by atoms with van der Waals surface area (Å²) in [4.78, 5) is 15.0. The summed E-state index contributed by atoms with van der Waals surface area (Å²) < 4.78 is 35.4. The van der Waals surface area contributed by atoms with E-state index in [0.717, 1.165) is 30.0 Å². The summed E-state index contributed by atoms with van der Waals surface area (Å²) in [5.74, 6) is 0.235. The highest BCUT2D eigenvalue weighted by Crippen LogP contribution is 2.28. The van der Waals surface area contributed by atoms with E-state index in [0.29, 0.717) is 17.9 Å². The van der Waals surface area contributed by atoms with E-state index in [1.54, 1.807) is 35.2 Å². The van der Waals surface area contributed by atoms with Crippen molar-refractivity contribution < 1.29 is 17.9 Å². The molecule has 0 saturated carbocycles. The van der Waals surface area contributed by atoms with E-state index in [-0.39, 0.29) is 23.4 Å². The number of nitrogens with zero attached hydrogens (tertiary/aromatic N) is 3. The molecule has 8 heteroatoms. The molecule has 0 N–H and O–H groups in total. The van der Waals surface area contributed by atoms with E-state index >= 15 is 0 Å². The Morgan fingerprint density at radius 2 is 2.04 bits per heavy atom. The van der Waals surface area contributed by atoms with E-state index in [1.165, 1.54) is 14.2 Å². The fourth-order valence-electron chi connectivity index (χ4n) is 3.58. The van der Waals surface area contributed by atoms with Gasteiger partial charge in [-0.1, -0.05) is 19.1 Å². The van der Waals surface area contributed by atoms with Crippen LogP contribution in [0.15, 0.2) is 40.4 Å². The first-order valence-electron chi connectivity index (χ1n) is 9.14. The van der Waals surface area contributed by atoms with Crippen LogP contribution >= 0.6 is 0 Å². The molecule has 1 saturated heterocycles. The van der Waals surface area contributed by atoms with Gasteiger partial charge in [0.25, 0.3) is 5.91 Å². The van der Waals surface area contributed by atoms with Gasteiger partial charge in [0.1, 0.15) is 11.4 Å². The second kappa shape index (κ2) is 7.72. The first-order chi connectivity index (χ1) is 12.9. The van der Waals surface area contributed by atoms with Crippen molar-refractivity contribution in [1.29, 1.82) is 0 Å². The molecule has 1 amide bonds. The Balaban J connectivity index is 2.04. The van der Waals surface area contributed by atoms with Crippen LogP contribution in [0.25, 0.3) is 0 Å². The smallest absolute Gasteiger partial charge is 0.345 e. The van der Waals surface area contributed by atoms with Crippen LogP contribution in [0.5, 0.6) is 5.75 Å². The molecule has 1 aromatic rings. The van der Waals surface area contributed by atoms with Crippen LogP contribution in [-0.4, -0.2) is 56.0 Å². The van der Waals surface area contributed by atoms with Gasteiger partial charge < -0.3 is 9.64 Å². The summed E-state index contributed by atoms with van der Waals surface area (Å²) in [6.45, 7) is 2.69. The molecular formula is C19H25N3O4S. The molecular weight excluding hydrogens is 366 g/mol. The first-order valence-corrected chi connectivity index (χ1v) is 10.5. The molecule has 0 bridgehead atoms. The molecule has 27 heavy (non-hydrogen) atoms. The number of hydrogen-bond acceptors (Lipinski definition) is 4. The lowest BCUT2D eigenvalue weighted by Gasteiger charge is -2.37. The maximum absolute atomic E-state index is 13.2. The van der Waals surface area contributed by atoms with Gasteiger partial charge in [-0.2, -0.15) is 8.42 Å². The Hall–Kier alpha value is -2.35. The standard InChI is InChI=1S/C19H25N3O4S/c1-4-14-9-7-8-12-22(14)19(23)17-13-16(20-27(24,25)21(17)2)15-10-5-6-11-18(15)26-3/h5-6,10-11,13-14H,4,7-9,12H2,1-3H3/t14-/m0/s1. The molecule has 0 radical (unpaired) electrons. The number of hydrogen-bond donors (Lipinski definition) is 0. The van der Waals surface area contributed by atoms with Gasteiger partial charge in [0.15, 0.2) is 0 Å². The molecule has 1 aromatic carbocycles. The SMILES string of the molecule is CC[C@H]1CCCCN1C(=O)C1=CC(c2ccccc2OC)=NS(=O)(=O)N1C. The third-order valence-electron chi connectivity index (χ3n) is 5.13. The lowest BCUT2D eigenvalue weighted by atomic mass is 9.99. The van der Waals surface area contributed by atoms with Crippen molar-refractivity contribution in [2.75, 3.05) is 20.7 Å². The van der Waals surface area contributed by atoms with Gasteiger partial charge in [-0.05, 0) is 43.9 Å². The lowest BCUT2D eigenvalue weighted by Crippen LogP contribution is -2.47. The largest absolute Gasteiger partial charge is 0.496 e. The Labute approximate surface area is 160 Å². The first kappa shape index (κ1) is 19.4. The zero-order chi connectivity index (χ0) is 19.6. The molecule has 0 aliphatic carbocycles. The molecule has 0 unspecified atom stereocenters. The van der Waals surface area contributed by atoms with Crippen LogP contribution in [0, 0.1) is 0 Å². The quantitative estimate of drug-likeness (QED) is 0.789. The molecule has 1 fully saturated rings. The minimum Gasteiger partial charge on any atom is -0.496 e. The van der Waals surface area contributed by atoms with E-state index in [4.69, 9.17) is 4.74 Å². The number of ether oxygens (including phenoxy) is 1. The van der Waals surface area contributed by atoms with Gasteiger partial charge in [-0.3, -0.25) is 4.79 Å². The predicted octanol–water partition coefficient (Wildman–Crippen LogP) is 2.35. The molecule has 1 atom stereocenters. The molecule has 7 nitrogen and oxygen atoms in total. The number of carbonyl (C=O) groups is 1. The maximum atomic E-state index is 13.2. The number of piperidine rings is 1. The fourth-order valence-corrected chi connectivity index (χ4v) is 4.48. The third-order valence-corrected chi connectivity index (χ3v) is 6.45. The number of benzene rings is 1. The highest BCUT2D eigenvalue weighted by molar-refractivity contribution is 7.88. The second-order valence-electron chi connectivity index (χ2n) is 6.71. The Morgan fingerprint density at radius 3 is 2.74 bits per heavy atom. The van der Waals surface area contributed by atoms with Gasteiger partial charge in [0, 0.05) is 25.2 Å². The van der Waals surface area contributed by atoms with Crippen molar-refractivity contribution in [3.63, 3.8) is 0 Å². The monoisotopic (exact) mass is 391 g/mol. The van der Waals surface area contributed by atoms with Crippen molar-refractivity contribution in [3.05, 3.63) is 41.6 Å². The summed E-state index contributed by atoms with van der Waals surface area (Å²) in [7, 11) is -1.11. The van der Waals surface area contributed by atoms with Crippen LogP contribution in [0.1, 0.15) is 38.2 Å². The average Bonchev–Trinajstić information content (AvgIpc) is 2.69. The molecule has 2 heterocycles. The number of para-hydroxylation sites is 1. The highest BCUT2D eigenvalue weighted by Gasteiger charge is 2.35. The van der Waals surface area contributed by atoms with Crippen molar-refractivity contribution in [1.82, 2.24) is 9.21 Å². The number of methoxy groups -OCH3 is 1. The van der Waals surface area contributed by atoms with E-state index in [1.807, 2.05) is 6.92 Å². The number of likely N-dealkylation sites (N-methyl/N-ethyl adjacent to an activating group) is 1. The van der Waals surface area contributed by atoms with Crippen molar-refractivity contribution in [2.24, 2.45) is 4.40 Å². The molecule has 2 aliphatic heterocycles. The zero-order valence-corrected chi connectivity index (χ0v) is 16.7. The van der Waals surface area contributed by atoms with Crippen molar-refractivity contribution in [3.8, 4) is 5.75 Å². The van der Waals surface area contributed by atoms with Gasteiger partial charge in [-0.25, -0.2) is 4.31 Å². The number of likely N-dealkylation sites (tertiary alicyclic amines) is 1. The average molecular weight is 391 g/mol. The van der Waals surface area contributed by atoms with Crippen molar-refractivity contribution >= 4 is 21.8 Å². The summed E-state index contributed by atoms with van der Waals surface area (Å²) in [6.07, 6.45) is 5.35. The van der Waals surface area contributed by atoms with Crippen LogP contribution in [0.3, 0.4) is 0 Å². The van der Waals surface area contributed by atoms with Crippen LogP contribution in [0.4, 0.5) is 0 Å². The molecule has 146 valence electrons. The van der Waals surface area contributed by atoms with Gasteiger partial charge in [-0.15, -0.1) is 4.40 Å². The number of amides is 1. The second-order valence-corrected chi connectivity index (χ2v) is 8.33. The summed E-state index contributed by atoms with van der Waals surface area (Å²) >= 11 is 0. The summed E-state index contributed by atoms with van der Waals surface area (Å²) in [6, 6.07) is 7.17. The molecule has 3 rings (SSSR count). The number of carbonyl (C=O) groups excluding carboxylic acids is 1. The van der Waals surface area contributed by atoms with Crippen LogP contribution in [0.2, 0.25) is 0 Å². The van der Waals surface area contributed by atoms with Gasteiger partial charge in [0.05, 0.1) is 12.8 Å². The highest BCUT2D eigenvalue weighted by atomic mass is 32.2. The summed E-state index contributed by atoms with van der Waals surface area (Å²) in [5, 5.41) is 0. The van der Waals surface area contributed by atoms with E-state index < -0.39 is 10.2 Å². The maximum Gasteiger partial charge on any atom is 0.345 e. The lowest BCUT2D eigenvalue weighted by molar-refractivity contribution is -0.131. The zero-order valence-electron chi connectivity index (χ0n) is 15.9. The Kier molecular flexibility index (Phi) is 5.55. The van der Waals surface area contributed by atoms with E-state index in [2.05, 4.69) is 4.40 Å². The predicted molar refractivity (Wildman–Crippen MR) is 104 cm³/mol. The van der Waals surface area contributed by atoms with Crippen LogP contribution in [-0.2, 0) is 15.0 Å². The third kappa shape index (κ3) is 3.71. The Bertz CT molecular complexity index is 892. The fraction of sp³-hybridized carbons (Fsp3) is 0.474. The number of allylic oxidation sites excluding steroid dienone is 1. The Morgan fingerprint density at radius 1 is 1.30 bits per heavy atom. The summed E-state index contributed by atoms with van der Waals surface area (Å²) in [5.41, 5.74) is 0.859.